The quantitative estimate of drug-likeness (QED) is 0.251. The number of benzene rings is 2. The first-order chi connectivity index (χ1) is 17.1. The van der Waals surface area contributed by atoms with Crippen LogP contribution in [0.25, 0.3) is 0 Å². The van der Waals surface area contributed by atoms with Crippen molar-refractivity contribution < 1.29 is 23.9 Å². The zero-order chi connectivity index (χ0) is 26.6. The maximum absolute atomic E-state index is 12.9. The Kier molecular flexibility index (Phi) is 10.9. The lowest BCUT2D eigenvalue weighted by atomic mass is 9.99. The smallest absolute Gasteiger partial charge is 0.408 e. The van der Waals surface area contributed by atoms with Crippen LogP contribution in [-0.2, 0) is 14.3 Å². The predicted octanol–water partition coefficient (Wildman–Crippen LogP) is 4.69. The Bertz CT molecular complexity index is 980. The first-order valence-electron chi connectivity index (χ1n) is 12.0. The van der Waals surface area contributed by atoms with Gasteiger partial charge in [-0.25, -0.2) is 19.8 Å². The molecule has 9 nitrogen and oxygen atoms in total. The van der Waals surface area contributed by atoms with Crippen molar-refractivity contribution in [3.8, 4) is 0 Å². The molecule has 2 aromatic carbocycles. The summed E-state index contributed by atoms with van der Waals surface area (Å²) in [4.78, 5) is 38.0. The predicted molar refractivity (Wildman–Crippen MR) is 139 cm³/mol. The summed E-state index contributed by atoms with van der Waals surface area (Å²) >= 11 is 0. The number of amides is 3. The third kappa shape index (κ3) is 9.40. The molecule has 0 fully saturated rings. The Labute approximate surface area is 212 Å². The summed E-state index contributed by atoms with van der Waals surface area (Å²) in [6.45, 7) is 8.89. The molecule has 0 heterocycles. The molecule has 2 aromatic rings. The highest BCUT2D eigenvalue weighted by molar-refractivity contribution is 6.38. The molecule has 1 unspecified atom stereocenters. The highest BCUT2D eigenvalue weighted by atomic mass is 16.6. The van der Waals surface area contributed by atoms with Gasteiger partial charge in [0, 0.05) is 0 Å². The molecule has 36 heavy (non-hydrogen) atoms. The highest BCUT2D eigenvalue weighted by Gasteiger charge is 2.28. The van der Waals surface area contributed by atoms with E-state index in [2.05, 4.69) is 21.2 Å². The number of hydrazone groups is 1. The van der Waals surface area contributed by atoms with Crippen LogP contribution in [0.15, 0.2) is 65.8 Å². The Morgan fingerprint density at radius 1 is 0.889 bits per heavy atom. The van der Waals surface area contributed by atoms with Gasteiger partial charge in [-0.05, 0) is 45.2 Å². The van der Waals surface area contributed by atoms with E-state index in [9.17, 15) is 14.4 Å². The van der Waals surface area contributed by atoms with Gasteiger partial charge in [0.15, 0.2) is 5.71 Å². The van der Waals surface area contributed by atoms with E-state index >= 15 is 0 Å². The van der Waals surface area contributed by atoms with Gasteiger partial charge >= 0.3 is 18.1 Å². The van der Waals surface area contributed by atoms with E-state index in [0.717, 1.165) is 11.1 Å². The van der Waals surface area contributed by atoms with Crippen LogP contribution in [0.1, 0.15) is 64.6 Å². The van der Waals surface area contributed by atoms with E-state index in [0.29, 0.717) is 12.8 Å². The number of rotatable bonds is 10. The van der Waals surface area contributed by atoms with Crippen LogP contribution in [0.4, 0.5) is 9.59 Å². The van der Waals surface area contributed by atoms with Crippen molar-refractivity contribution in [1.82, 2.24) is 16.1 Å². The van der Waals surface area contributed by atoms with Crippen LogP contribution in [0.5, 0.6) is 0 Å². The molecule has 9 heteroatoms. The van der Waals surface area contributed by atoms with E-state index < -0.39 is 35.8 Å². The van der Waals surface area contributed by atoms with Gasteiger partial charge in [0.1, 0.15) is 5.60 Å². The van der Waals surface area contributed by atoms with Gasteiger partial charge in [-0.15, -0.1) is 0 Å². The van der Waals surface area contributed by atoms with Crippen molar-refractivity contribution in [3.05, 3.63) is 71.8 Å². The van der Waals surface area contributed by atoms with Gasteiger partial charge in [-0.1, -0.05) is 74.0 Å². The number of ether oxygens (including phenoxy) is 2. The summed E-state index contributed by atoms with van der Waals surface area (Å²) in [6, 6.07) is 17.1. The number of alkyl carbamates (subject to hydrolysis) is 1. The lowest BCUT2D eigenvalue weighted by molar-refractivity contribution is -0.135. The van der Waals surface area contributed by atoms with E-state index in [1.165, 1.54) is 0 Å². The number of hydrogen-bond acceptors (Lipinski definition) is 6. The molecule has 3 amide bonds. The first kappa shape index (κ1) is 28.4. The lowest BCUT2D eigenvalue weighted by Gasteiger charge is -2.24. The lowest BCUT2D eigenvalue weighted by Crippen LogP contribution is -2.47. The zero-order valence-electron chi connectivity index (χ0n) is 21.5. The van der Waals surface area contributed by atoms with Crippen molar-refractivity contribution in [2.75, 3.05) is 6.61 Å². The average molecular weight is 497 g/mol. The molecule has 0 aliphatic rings. The summed E-state index contributed by atoms with van der Waals surface area (Å²) in [6.07, 6.45) is 0.321. The van der Waals surface area contributed by atoms with E-state index in [-0.39, 0.29) is 12.3 Å². The van der Waals surface area contributed by atoms with Crippen molar-refractivity contribution in [1.29, 1.82) is 0 Å². The fourth-order valence-corrected chi connectivity index (χ4v) is 3.41. The third-order valence-corrected chi connectivity index (χ3v) is 4.90. The summed E-state index contributed by atoms with van der Waals surface area (Å²) in [5, 5.41) is 9.62. The van der Waals surface area contributed by atoms with E-state index in [1.807, 2.05) is 67.6 Å². The summed E-state index contributed by atoms with van der Waals surface area (Å²) < 4.78 is 10.5. The molecular formula is C27H36N4O5. The fourth-order valence-electron chi connectivity index (χ4n) is 3.41. The van der Waals surface area contributed by atoms with Crippen molar-refractivity contribution in [3.63, 3.8) is 0 Å². The second-order valence-corrected chi connectivity index (χ2v) is 9.04. The topological polar surface area (TPSA) is 118 Å². The molecule has 0 radical (unpaired) electrons. The molecule has 194 valence electrons. The summed E-state index contributed by atoms with van der Waals surface area (Å²) in [7, 11) is 0. The molecule has 0 bridgehead atoms. The molecule has 2 rings (SSSR count). The molecular weight excluding hydrogens is 460 g/mol. The molecule has 3 N–H and O–H groups in total. The van der Waals surface area contributed by atoms with Crippen LogP contribution in [0, 0.1) is 0 Å². The van der Waals surface area contributed by atoms with Gasteiger partial charge < -0.3 is 20.1 Å². The normalized spacial score (nSPS) is 12.4. The maximum Gasteiger partial charge on any atom is 0.408 e. The first-order valence-corrected chi connectivity index (χ1v) is 12.0. The van der Waals surface area contributed by atoms with Gasteiger partial charge in [0.25, 0.3) is 0 Å². The number of nitrogens with zero attached hydrogens (tertiary/aromatic N) is 1. The van der Waals surface area contributed by atoms with Crippen molar-refractivity contribution >= 4 is 23.8 Å². The fraction of sp³-hybridized carbons (Fsp3) is 0.407. The minimum atomic E-state index is -0.816. The average Bonchev–Trinajstić information content (AvgIpc) is 2.83. The number of nitrogens with one attached hydrogen (secondary N) is 3. The Balaban J connectivity index is 2.26. The Morgan fingerprint density at radius 2 is 1.44 bits per heavy atom. The molecule has 1 atom stereocenters. The van der Waals surface area contributed by atoms with Crippen LogP contribution in [-0.4, -0.2) is 42.1 Å². The minimum absolute atomic E-state index is 0.111. The largest absolute Gasteiger partial charge is 0.461 e. The van der Waals surface area contributed by atoms with Crippen molar-refractivity contribution in [2.45, 2.75) is 65.1 Å². The van der Waals surface area contributed by atoms with Gasteiger partial charge in [-0.2, -0.15) is 5.10 Å². The molecule has 0 aliphatic heterocycles. The number of esters is 1. The maximum atomic E-state index is 12.9. The van der Waals surface area contributed by atoms with Gasteiger partial charge in [0.05, 0.1) is 18.7 Å². The number of carbonyl (C=O) groups excluding carboxylic acids is 3. The second-order valence-electron chi connectivity index (χ2n) is 9.04. The zero-order valence-corrected chi connectivity index (χ0v) is 21.5. The SMILES string of the molecule is CCCC(NC(=O)OC(C)(C)C)/C(=N\NC(=O)NC(c1ccccc1)c1ccccc1)C(=O)OCC. The molecule has 0 saturated carbocycles. The van der Waals surface area contributed by atoms with Crippen LogP contribution in [0.2, 0.25) is 0 Å². The molecule has 0 saturated heterocycles. The number of urea groups is 1. The highest BCUT2D eigenvalue weighted by Crippen LogP contribution is 2.21. The van der Waals surface area contributed by atoms with Gasteiger partial charge in [-0.3, -0.25) is 0 Å². The summed E-state index contributed by atoms with van der Waals surface area (Å²) in [5.74, 6) is -0.741. The van der Waals surface area contributed by atoms with Crippen LogP contribution < -0.4 is 16.1 Å². The summed E-state index contributed by atoms with van der Waals surface area (Å²) in [5.41, 5.74) is 3.31. The van der Waals surface area contributed by atoms with E-state index in [4.69, 9.17) is 9.47 Å². The second kappa shape index (κ2) is 13.9. The van der Waals surface area contributed by atoms with Gasteiger partial charge in [0.2, 0.25) is 0 Å². The minimum Gasteiger partial charge on any atom is -0.461 e. The van der Waals surface area contributed by atoms with Crippen LogP contribution in [0.3, 0.4) is 0 Å². The van der Waals surface area contributed by atoms with Crippen LogP contribution >= 0.6 is 0 Å². The van der Waals surface area contributed by atoms with Crippen molar-refractivity contribution in [2.24, 2.45) is 5.10 Å². The molecule has 0 spiro atoms. The third-order valence-electron chi connectivity index (χ3n) is 4.90. The Morgan fingerprint density at radius 3 is 1.92 bits per heavy atom. The number of carbonyl (C=O) groups is 3. The Hall–Kier alpha value is -3.88. The number of hydrogen-bond donors (Lipinski definition) is 3. The monoisotopic (exact) mass is 496 g/mol. The molecule has 0 aliphatic carbocycles. The van der Waals surface area contributed by atoms with E-state index in [1.54, 1.807) is 27.7 Å². The standard InChI is InChI=1S/C27H36N4O5/c1-6-14-21(28-26(34)36-27(3,4)5)23(24(32)35-7-2)30-31-25(33)29-22(19-15-10-8-11-16-19)20-17-12-9-13-18-20/h8-13,15-18,21-22H,6-7,14H2,1-5H3,(H,28,34)(H2,29,31,33)/b30-23+. The molecule has 0 aromatic heterocycles.